The van der Waals surface area contributed by atoms with Crippen molar-refractivity contribution in [2.75, 3.05) is 6.61 Å². The first-order valence-corrected chi connectivity index (χ1v) is 5.81. The Labute approximate surface area is 106 Å². The molecule has 1 heterocycles. The Morgan fingerprint density at radius 3 is 2.44 bits per heavy atom. The number of amides is 1. The normalized spacial score (nSPS) is 14.8. The molecule has 0 saturated heterocycles. The lowest BCUT2D eigenvalue weighted by Crippen LogP contribution is -2.23. The topological polar surface area (TPSA) is 49.8 Å². The molecule has 0 atom stereocenters. The van der Waals surface area contributed by atoms with Gasteiger partial charge in [-0.1, -0.05) is 24.3 Å². The number of carbonyl (C=O) groups is 1. The van der Waals surface area contributed by atoms with Gasteiger partial charge in [-0.3, -0.25) is 4.90 Å². The standard InChI is InChI=1S/C14H15NO3/c1-2-18-14(17)15-9-7-12(8-10-15)11-3-5-13(16)6-4-11/h3-10,12,16H,2H2,1H3. The molecule has 0 radical (unpaired) electrons. The Morgan fingerprint density at radius 1 is 1.28 bits per heavy atom. The maximum atomic E-state index is 11.5. The van der Waals surface area contributed by atoms with Crippen LogP contribution in [0.2, 0.25) is 0 Å². The lowest BCUT2D eigenvalue weighted by molar-refractivity contribution is 0.133. The highest BCUT2D eigenvalue weighted by atomic mass is 16.5. The molecule has 4 heteroatoms. The maximum absolute atomic E-state index is 11.5. The molecule has 0 unspecified atom stereocenters. The number of rotatable bonds is 2. The van der Waals surface area contributed by atoms with E-state index in [0.29, 0.717) is 6.61 Å². The van der Waals surface area contributed by atoms with Crippen molar-refractivity contribution in [3.63, 3.8) is 0 Å². The van der Waals surface area contributed by atoms with E-state index in [4.69, 9.17) is 4.74 Å². The van der Waals surface area contributed by atoms with Crippen LogP contribution in [0.1, 0.15) is 18.4 Å². The van der Waals surface area contributed by atoms with Gasteiger partial charge in [0, 0.05) is 18.3 Å². The van der Waals surface area contributed by atoms with Crippen molar-refractivity contribution in [3.8, 4) is 5.75 Å². The monoisotopic (exact) mass is 245 g/mol. The second-order valence-electron chi connectivity index (χ2n) is 3.91. The van der Waals surface area contributed by atoms with Gasteiger partial charge in [0.25, 0.3) is 0 Å². The summed E-state index contributed by atoms with van der Waals surface area (Å²) in [6, 6.07) is 7.01. The van der Waals surface area contributed by atoms with Crippen LogP contribution in [-0.4, -0.2) is 22.7 Å². The molecule has 94 valence electrons. The molecule has 18 heavy (non-hydrogen) atoms. The number of hydrogen-bond acceptors (Lipinski definition) is 3. The molecule has 0 saturated carbocycles. The largest absolute Gasteiger partial charge is 0.508 e. The number of aromatic hydroxyl groups is 1. The molecule has 0 aromatic heterocycles. The van der Waals surface area contributed by atoms with Crippen LogP contribution in [0.15, 0.2) is 48.8 Å². The molecule has 0 spiro atoms. The summed E-state index contributed by atoms with van der Waals surface area (Å²) in [5.41, 5.74) is 1.06. The second kappa shape index (κ2) is 5.40. The number of phenols is 1. The molecule has 0 bridgehead atoms. The smallest absolute Gasteiger partial charge is 0.417 e. The third kappa shape index (κ3) is 2.71. The Balaban J connectivity index is 2.05. The fourth-order valence-corrected chi connectivity index (χ4v) is 1.72. The average Bonchev–Trinajstić information content (AvgIpc) is 2.40. The van der Waals surface area contributed by atoms with Crippen LogP contribution in [0.25, 0.3) is 0 Å². The summed E-state index contributed by atoms with van der Waals surface area (Å²) >= 11 is 0. The molecule has 1 N–H and O–H groups in total. The molecular formula is C14H15NO3. The number of ether oxygens (including phenoxy) is 1. The summed E-state index contributed by atoms with van der Waals surface area (Å²) in [6.07, 6.45) is 6.81. The van der Waals surface area contributed by atoms with E-state index in [1.807, 2.05) is 24.3 Å². The zero-order valence-electron chi connectivity index (χ0n) is 10.1. The van der Waals surface area contributed by atoms with E-state index < -0.39 is 0 Å². The van der Waals surface area contributed by atoms with Crippen molar-refractivity contribution in [3.05, 3.63) is 54.4 Å². The van der Waals surface area contributed by atoms with E-state index in [1.165, 1.54) is 4.90 Å². The minimum absolute atomic E-state index is 0.108. The number of carbonyl (C=O) groups excluding carboxylic acids is 1. The van der Waals surface area contributed by atoms with Crippen molar-refractivity contribution in [2.45, 2.75) is 12.8 Å². The summed E-state index contributed by atoms with van der Waals surface area (Å²) in [7, 11) is 0. The van der Waals surface area contributed by atoms with Gasteiger partial charge < -0.3 is 9.84 Å². The number of hydrogen-bond donors (Lipinski definition) is 1. The fourth-order valence-electron chi connectivity index (χ4n) is 1.72. The summed E-state index contributed by atoms with van der Waals surface area (Å²) < 4.78 is 4.89. The van der Waals surface area contributed by atoms with E-state index in [-0.39, 0.29) is 17.8 Å². The highest BCUT2D eigenvalue weighted by molar-refractivity contribution is 5.70. The Kier molecular flexibility index (Phi) is 3.67. The van der Waals surface area contributed by atoms with Crippen LogP contribution in [0.4, 0.5) is 4.79 Å². The number of allylic oxidation sites excluding steroid dienone is 2. The van der Waals surface area contributed by atoms with E-state index >= 15 is 0 Å². The highest BCUT2D eigenvalue weighted by Gasteiger charge is 2.14. The van der Waals surface area contributed by atoms with Crippen LogP contribution in [0, 0.1) is 0 Å². The van der Waals surface area contributed by atoms with Crippen LogP contribution in [0.5, 0.6) is 5.75 Å². The highest BCUT2D eigenvalue weighted by Crippen LogP contribution is 2.24. The first kappa shape index (κ1) is 12.2. The van der Waals surface area contributed by atoms with E-state index in [9.17, 15) is 9.90 Å². The van der Waals surface area contributed by atoms with Crippen molar-refractivity contribution < 1.29 is 14.6 Å². The van der Waals surface area contributed by atoms with E-state index in [0.717, 1.165) is 5.56 Å². The number of phenolic OH excluding ortho intramolecular Hbond substituents is 1. The van der Waals surface area contributed by atoms with Gasteiger partial charge in [0.05, 0.1) is 6.61 Å². The maximum Gasteiger partial charge on any atom is 0.417 e. The quantitative estimate of drug-likeness (QED) is 0.871. The molecule has 0 fully saturated rings. The second-order valence-corrected chi connectivity index (χ2v) is 3.91. The lowest BCUT2D eigenvalue weighted by Gasteiger charge is -2.19. The van der Waals surface area contributed by atoms with Gasteiger partial charge in [-0.05, 0) is 24.6 Å². The summed E-state index contributed by atoms with van der Waals surface area (Å²) in [5, 5.41) is 9.22. The van der Waals surface area contributed by atoms with E-state index in [1.54, 1.807) is 31.5 Å². The van der Waals surface area contributed by atoms with Gasteiger partial charge in [0.1, 0.15) is 5.75 Å². The van der Waals surface area contributed by atoms with Crippen LogP contribution in [-0.2, 0) is 4.74 Å². The molecule has 1 amide bonds. The molecule has 1 aromatic carbocycles. The molecule has 4 nitrogen and oxygen atoms in total. The third-order valence-corrected chi connectivity index (χ3v) is 2.66. The minimum Gasteiger partial charge on any atom is -0.508 e. The van der Waals surface area contributed by atoms with Crippen molar-refractivity contribution in [1.82, 2.24) is 4.90 Å². The predicted octanol–water partition coefficient (Wildman–Crippen LogP) is 2.98. The summed E-state index contributed by atoms with van der Waals surface area (Å²) in [4.78, 5) is 12.9. The van der Waals surface area contributed by atoms with Crippen LogP contribution >= 0.6 is 0 Å². The minimum atomic E-state index is -0.380. The van der Waals surface area contributed by atoms with E-state index in [2.05, 4.69) is 0 Å². The zero-order valence-corrected chi connectivity index (χ0v) is 10.1. The Hall–Kier alpha value is -2.23. The van der Waals surface area contributed by atoms with Crippen molar-refractivity contribution in [1.29, 1.82) is 0 Å². The third-order valence-electron chi connectivity index (χ3n) is 2.66. The first-order chi connectivity index (χ1) is 8.70. The predicted molar refractivity (Wildman–Crippen MR) is 68.0 cm³/mol. The number of nitrogens with zero attached hydrogens (tertiary/aromatic N) is 1. The van der Waals surface area contributed by atoms with Crippen molar-refractivity contribution >= 4 is 6.09 Å². The summed E-state index contributed by atoms with van der Waals surface area (Å²) in [6.45, 7) is 2.13. The van der Waals surface area contributed by atoms with Gasteiger partial charge in [-0.2, -0.15) is 0 Å². The molecular weight excluding hydrogens is 230 g/mol. The zero-order chi connectivity index (χ0) is 13.0. The molecule has 1 aromatic rings. The lowest BCUT2D eigenvalue weighted by atomic mass is 9.98. The van der Waals surface area contributed by atoms with Gasteiger partial charge >= 0.3 is 6.09 Å². The summed E-state index contributed by atoms with van der Waals surface area (Å²) in [5.74, 6) is 0.354. The van der Waals surface area contributed by atoms with Gasteiger partial charge in [0.15, 0.2) is 0 Å². The van der Waals surface area contributed by atoms with Gasteiger partial charge in [0.2, 0.25) is 0 Å². The SMILES string of the molecule is CCOC(=O)N1C=CC(c2ccc(O)cc2)C=C1. The molecule has 1 aliphatic rings. The molecule has 0 aliphatic carbocycles. The van der Waals surface area contributed by atoms with Crippen LogP contribution in [0.3, 0.4) is 0 Å². The number of benzene rings is 1. The first-order valence-electron chi connectivity index (χ1n) is 5.81. The fraction of sp³-hybridized carbons (Fsp3) is 0.214. The van der Waals surface area contributed by atoms with Gasteiger partial charge in [-0.25, -0.2) is 4.79 Å². The van der Waals surface area contributed by atoms with Gasteiger partial charge in [-0.15, -0.1) is 0 Å². The Morgan fingerprint density at radius 2 is 1.89 bits per heavy atom. The molecule has 1 aliphatic heterocycles. The van der Waals surface area contributed by atoms with Crippen LogP contribution < -0.4 is 0 Å². The average molecular weight is 245 g/mol. The Bertz CT molecular complexity index is 462. The molecule has 2 rings (SSSR count). The van der Waals surface area contributed by atoms with Crippen molar-refractivity contribution in [2.24, 2.45) is 0 Å².